The van der Waals surface area contributed by atoms with E-state index in [0.717, 1.165) is 4.68 Å². The van der Waals surface area contributed by atoms with Gasteiger partial charge >= 0.3 is 6.18 Å². The minimum atomic E-state index is -4.34. The molecular weight excluding hydrogens is 485 g/mol. The molecule has 0 spiro atoms. The molecular formula is C23H21F3N4O4S. The fraction of sp³-hybridized carbons (Fsp3) is 0.304. The zero-order chi connectivity index (χ0) is 25.0. The van der Waals surface area contributed by atoms with Crippen LogP contribution in [0.2, 0.25) is 0 Å². The van der Waals surface area contributed by atoms with Crippen molar-refractivity contribution in [1.29, 1.82) is 0 Å². The van der Waals surface area contributed by atoms with E-state index in [0.29, 0.717) is 12.8 Å². The Hall–Kier alpha value is -3.54. The second-order valence-corrected chi connectivity index (χ2v) is 10.2. The number of alkyl halides is 3. The zero-order valence-corrected chi connectivity index (χ0v) is 19.0. The number of pyridine rings is 1. The molecule has 2 heterocycles. The average Bonchev–Trinajstić information content (AvgIpc) is 2.81. The van der Waals surface area contributed by atoms with Crippen LogP contribution in [0.5, 0.6) is 5.75 Å². The SMILES string of the molecule is O=c1c(C2=NS(=O)(=O)c3ccccc3N2)c(O)c2ccccc2n1NC1CCCC(C(F)(F)F)C1. The highest BCUT2D eigenvalue weighted by molar-refractivity contribution is 7.90. The highest BCUT2D eigenvalue weighted by Gasteiger charge is 2.42. The fourth-order valence-electron chi connectivity index (χ4n) is 4.68. The largest absolute Gasteiger partial charge is 0.506 e. The number of anilines is 1. The van der Waals surface area contributed by atoms with E-state index in [1.807, 2.05) is 0 Å². The molecule has 0 bridgehead atoms. The summed E-state index contributed by atoms with van der Waals surface area (Å²) in [5.74, 6) is -2.34. The molecule has 8 nitrogen and oxygen atoms in total. The third-order valence-electron chi connectivity index (χ3n) is 6.37. The molecule has 1 aliphatic carbocycles. The minimum Gasteiger partial charge on any atom is -0.506 e. The van der Waals surface area contributed by atoms with Crippen LogP contribution in [0.25, 0.3) is 10.9 Å². The molecule has 5 rings (SSSR count). The van der Waals surface area contributed by atoms with Gasteiger partial charge in [-0.25, -0.2) is 4.68 Å². The monoisotopic (exact) mass is 506 g/mol. The number of sulfonamides is 1. The quantitative estimate of drug-likeness (QED) is 0.496. The second-order valence-electron chi connectivity index (χ2n) is 8.65. The van der Waals surface area contributed by atoms with E-state index in [1.165, 1.54) is 24.3 Å². The van der Waals surface area contributed by atoms with Gasteiger partial charge in [-0.15, -0.1) is 4.40 Å². The highest BCUT2D eigenvalue weighted by Crippen LogP contribution is 2.38. The summed E-state index contributed by atoms with van der Waals surface area (Å²) in [4.78, 5) is 13.5. The Morgan fingerprint density at radius 1 is 1.09 bits per heavy atom. The summed E-state index contributed by atoms with van der Waals surface area (Å²) in [6, 6.07) is 11.6. The lowest BCUT2D eigenvalue weighted by Gasteiger charge is -2.32. The van der Waals surface area contributed by atoms with Crippen LogP contribution in [-0.2, 0) is 10.0 Å². The van der Waals surface area contributed by atoms with E-state index in [4.69, 9.17) is 0 Å². The molecule has 35 heavy (non-hydrogen) atoms. The summed E-state index contributed by atoms with van der Waals surface area (Å²) in [5, 5.41) is 14.0. The molecule has 3 N–H and O–H groups in total. The van der Waals surface area contributed by atoms with Gasteiger partial charge in [0, 0.05) is 11.4 Å². The molecule has 3 aromatic rings. The zero-order valence-electron chi connectivity index (χ0n) is 18.2. The average molecular weight is 507 g/mol. The molecule has 1 saturated carbocycles. The van der Waals surface area contributed by atoms with Crippen molar-refractivity contribution in [1.82, 2.24) is 4.68 Å². The normalized spacial score (nSPS) is 21.6. The van der Waals surface area contributed by atoms with E-state index in [2.05, 4.69) is 15.1 Å². The second kappa shape index (κ2) is 8.29. The van der Waals surface area contributed by atoms with Crippen molar-refractivity contribution < 1.29 is 26.7 Å². The number of nitrogens with one attached hydrogen (secondary N) is 2. The van der Waals surface area contributed by atoms with Crippen LogP contribution in [0.4, 0.5) is 18.9 Å². The molecule has 0 saturated heterocycles. The van der Waals surface area contributed by atoms with Gasteiger partial charge < -0.3 is 15.8 Å². The Morgan fingerprint density at radius 2 is 1.80 bits per heavy atom. The van der Waals surface area contributed by atoms with Crippen LogP contribution in [0.3, 0.4) is 0 Å². The number of hydrogen-bond acceptors (Lipinski definition) is 6. The maximum atomic E-state index is 13.6. The van der Waals surface area contributed by atoms with Crippen molar-refractivity contribution >= 4 is 32.4 Å². The first-order valence-corrected chi connectivity index (χ1v) is 12.4. The lowest BCUT2D eigenvalue weighted by molar-refractivity contribution is -0.182. The number of halogens is 3. The standard InChI is InChI=1S/C23H21F3N4O4S/c24-23(25,26)13-6-5-7-14(12-13)28-30-17-10-3-1-8-15(17)20(31)19(22(30)32)21-27-16-9-2-4-11-18(16)35(33,34)29-21/h1-4,8-11,13-14,28,31H,5-7,12H2,(H,27,29). The maximum Gasteiger partial charge on any atom is 0.391 e. The number of nitrogens with zero attached hydrogens (tertiary/aromatic N) is 2. The van der Waals surface area contributed by atoms with Crippen LogP contribution in [-0.4, -0.2) is 36.3 Å². The summed E-state index contributed by atoms with van der Waals surface area (Å²) in [6.07, 6.45) is -3.76. The Bertz CT molecular complexity index is 1520. The number of amidine groups is 1. The first-order chi connectivity index (χ1) is 16.6. The first-order valence-electron chi connectivity index (χ1n) is 11.0. The topological polar surface area (TPSA) is 113 Å². The molecule has 1 aliphatic heterocycles. The van der Waals surface area contributed by atoms with Gasteiger partial charge in [-0.05, 0) is 43.5 Å². The van der Waals surface area contributed by atoms with Crippen LogP contribution < -0.4 is 16.3 Å². The molecule has 12 heteroatoms. The molecule has 1 aromatic heterocycles. The summed E-state index contributed by atoms with van der Waals surface area (Å²) in [7, 11) is -4.17. The first kappa shape index (κ1) is 23.2. The summed E-state index contributed by atoms with van der Waals surface area (Å²) in [5.41, 5.74) is 2.09. The molecule has 1 fully saturated rings. The van der Waals surface area contributed by atoms with Gasteiger partial charge in [0.15, 0.2) is 5.84 Å². The Labute approximate surface area is 198 Å². The maximum absolute atomic E-state index is 13.6. The Kier molecular flexibility index (Phi) is 5.50. The molecule has 0 amide bonds. The third-order valence-corrected chi connectivity index (χ3v) is 7.70. The fourth-order valence-corrected chi connectivity index (χ4v) is 5.80. The summed E-state index contributed by atoms with van der Waals surface area (Å²) >= 11 is 0. The van der Waals surface area contributed by atoms with Crippen molar-refractivity contribution in [2.45, 2.75) is 42.8 Å². The van der Waals surface area contributed by atoms with E-state index >= 15 is 0 Å². The van der Waals surface area contributed by atoms with E-state index in [1.54, 1.807) is 24.3 Å². The number of rotatable bonds is 3. The Balaban J connectivity index is 1.64. The predicted octanol–water partition coefficient (Wildman–Crippen LogP) is 3.93. The molecule has 2 atom stereocenters. The smallest absolute Gasteiger partial charge is 0.391 e. The number of fused-ring (bicyclic) bond motifs is 2. The van der Waals surface area contributed by atoms with Crippen LogP contribution in [0.1, 0.15) is 31.2 Å². The van der Waals surface area contributed by atoms with Gasteiger partial charge in [-0.1, -0.05) is 30.7 Å². The predicted molar refractivity (Wildman–Crippen MR) is 125 cm³/mol. The number of para-hydroxylation sites is 2. The van der Waals surface area contributed by atoms with Crippen molar-refractivity contribution in [3.8, 4) is 5.75 Å². The number of hydrogen-bond donors (Lipinski definition) is 3. The number of aromatic hydroxyl groups is 1. The minimum absolute atomic E-state index is 0.0240. The molecule has 0 radical (unpaired) electrons. The van der Waals surface area contributed by atoms with E-state index in [-0.39, 0.29) is 40.2 Å². The van der Waals surface area contributed by atoms with Gasteiger partial charge in [0.1, 0.15) is 16.2 Å². The van der Waals surface area contributed by atoms with Crippen LogP contribution in [0, 0.1) is 5.92 Å². The van der Waals surface area contributed by atoms with E-state index in [9.17, 15) is 31.5 Å². The molecule has 2 unspecified atom stereocenters. The Morgan fingerprint density at radius 3 is 2.57 bits per heavy atom. The summed E-state index contributed by atoms with van der Waals surface area (Å²) in [6.45, 7) is 0. The lowest BCUT2D eigenvalue weighted by Crippen LogP contribution is -2.43. The molecule has 184 valence electrons. The van der Waals surface area contributed by atoms with Crippen LogP contribution >= 0.6 is 0 Å². The number of benzene rings is 2. The third kappa shape index (κ3) is 4.11. The van der Waals surface area contributed by atoms with Gasteiger partial charge in [0.2, 0.25) is 0 Å². The van der Waals surface area contributed by atoms with Gasteiger partial charge in [-0.3, -0.25) is 4.79 Å². The van der Waals surface area contributed by atoms with Gasteiger partial charge in [0.25, 0.3) is 15.6 Å². The lowest BCUT2D eigenvalue weighted by atomic mass is 9.85. The van der Waals surface area contributed by atoms with Crippen molar-refractivity contribution in [2.75, 3.05) is 10.7 Å². The van der Waals surface area contributed by atoms with Crippen molar-refractivity contribution in [3.63, 3.8) is 0 Å². The van der Waals surface area contributed by atoms with E-state index < -0.39 is 45.0 Å². The molecule has 2 aromatic carbocycles. The van der Waals surface area contributed by atoms with Crippen LogP contribution in [0.15, 0.2) is 62.6 Å². The van der Waals surface area contributed by atoms with Crippen molar-refractivity contribution in [2.24, 2.45) is 10.3 Å². The highest BCUT2D eigenvalue weighted by atomic mass is 32.2. The van der Waals surface area contributed by atoms with Crippen molar-refractivity contribution in [3.05, 3.63) is 64.4 Å². The van der Waals surface area contributed by atoms with Gasteiger partial charge in [0.05, 0.1) is 17.1 Å². The number of aromatic nitrogens is 1. The van der Waals surface area contributed by atoms with Gasteiger partial charge in [-0.2, -0.15) is 21.6 Å². The summed E-state index contributed by atoms with van der Waals surface area (Å²) < 4.78 is 70.2. The molecule has 2 aliphatic rings.